The standard InChI is InChI=1S/C20H27N5O2/c1-4-15(2)23-19(26)16-13-21-20(22-14-16)25-11-9-24(10-12-25)17-7-5-6-8-18(17)27-3/h5-8,13-15H,4,9-12H2,1-3H3,(H,23,26). The molecule has 0 aliphatic carbocycles. The van der Waals surface area contributed by atoms with Gasteiger partial charge in [0.25, 0.3) is 5.91 Å². The van der Waals surface area contributed by atoms with E-state index < -0.39 is 0 Å². The molecule has 0 bridgehead atoms. The molecule has 3 rings (SSSR count). The normalized spacial score (nSPS) is 15.4. The number of carbonyl (C=O) groups excluding carboxylic acids is 1. The van der Waals surface area contributed by atoms with Crippen LogP contribution in [0.4, 0.5) is 11.6 Å². The summed E-state index contributed by atoms with van der Waals surface area (Å²) in [6.45, 7) is 7.37. The van der Waals surface area contributed by atoms with E-state index in [2.05, 4.69) is 31.2 Å². The average Bonchev–Trinajstić information content (AvgIpc) is 2.73. The zero-order chi connectivity index (χ0) is 19.2. The van der Waals surface area contributed by atoms with E-state index >= 15 is 0 Å². The number of benzene rings is 1. The van der Waals surface area contributed by atoms with Crippen LogP contribution in [0.25, 0.3) is 0 Å². The Morgan fingerprint density at radius 2 is 1.78 bits per heavy atom. The van der Waals surface area contributed by atoms with Gasteiger partial charge in [0.2, 0.25) is 5.95 Å². The molecule has 1 saturated heterocycles. The second-order valence-corrected chi connectivity index (χ2v) is 6.70. The molecule has 0 spiro atoms. The molecule has 7 nitrogen and oxygen atoms in total. The number of hydrogen-bond donors (Lipinski definition) is 1. The van der Waals surface area contributed by atoms with E-state index in [1.54, 1.807) is 19.5 Å². The fourth-order valence-corrected chi connectivity index (χ4v) is 3.05. The first kappa shape index (κ1) is 18.9. The largest absolute Gasteiger partial charge is 0.495 e. The van der Waals surface area contributed by atoms with Crippen LogP contribution in [0.1, 0.15) is 30.6 Å². The van der Waals surface area contributed by atoms with Gasteiger partial charge in [-0.3, -0.25) is 4.79 Å². The molecule has 1 N–H and O–H groups in total. The number of amides is 1. The topological polar surface area (TPSA) is 70.6 Å². The lowest BCUT2D eigenvalue weighted by Crippen LogP contribution is -2.47. The second-order valence-electron chi connectivity index (χ2n) is 6.70. The van der Waals surface area contributed by atoms with Gasteiger partial charge in [-0.15, -0.1) is 0 Å². The molecular weight excluding hydrogens is 342 g/mol. The molecule has 2 heterocycles. The highest BCUT2D eigenvalue weighted by atomic mass is 16.5. The Kier molecular flexibility index (Phi) is 6.11. The lowest BCUT2D eigenvalue weighted by atomic mass is 10.2. The van der Waals surface area contributed by atoms with Crippen LogP contribution in [0.2, 0.25) is 0 Å². The van der Waals surface area contributed by atoms with Crippen LogP contribution in [0.15, 0.2) is 36.7 Å². The van der Waals surface area contributed by atoms with Crippen LogP contribution < -0.4 is 19.9 Å². The van der Waals surface area contributed by atoms with Crippen LogP contribution in [0, 0.1) is 0 Å². The Morgan fingerprint density at radius 3 is 2.41 bits per heavy atom. The predicted octanol–water partition coefficient (Wildman–Crippen LogP) is 2.34. The van der Waals surface area contributed by atoms with Crippen LogP contribution in [0.3, 0.4) is 0 Å². The summed E-state index contributed by atoms with van der Waals surface area (Å²) in [5.74, 6) is 1.42. The Morgan fingerprint density at radius 1 is 1.15 bits per heavy atom. The van der Waals surface area contributed by atoms with Gasteiger partial charge < -0.3 is 19.9 Å². The van der Waals surface area contributed by atoms with Gasteiger partial charge in [-0.2, -0.15) is 0 Å². The number of rotatable bonds is 6. The van der Waals surface area contributed by atoms with Crippen molar-refractivity contribution in [1.29, 1.82) is 0 Å². The van der Waals surface area contributed by atoms with Crippen molar-refractivity contribution in [1.82, 2.24) is 15.3 Å². The van der Waals surface area contributed by atoms with Gasteiger partial charge in [-0.1, -0.05) is 19.1 Å². The van der Waals surface area contributed by atoms with Crippen LogP contribution >= 0.6 is 0 Å². The maximum Gasteiger partial charge on any atom is 0.254 e. The van der Waals surface area contributed by atoms with Crippen molar-refractivity contribution in [2.45, 2.75) is 26.3 Å². The molecule has 0 radical (unpaired) electrons. The highest BCUT2D eigenvalue weighted by Crippen LogP contribution is 2.28. The summed E-state index contributed by atoms with van der Waals surface area (Å²) < 4.78 is 5.46. The first-order valence-electron chi connectivity index (χ1n) is 9.38. The third kappa shape index (κ3) is 4.48. The molecule has 144 valence electrons. The van der Waals surface area contributed by atoms with Crippen molar-refractivity contribution in [3.05, 3.63) is 42.2 Å². The molecule has 1 amide bonds. The molecule has 1 unspecified atom stereocenters. The van der Waals surface area contributed by atoms with Crippen LogP contribution in [0.5, 0.6) is 5.75 Å². The van der Waals surface area contributed by atoms with Gasteiger partial charge in [-0.05, 0) is 25.5 Å². The summed E-state index contributed by atoms with van der Waals surface area (Å²) in [5.41, 5.74) is 1.60. The van der Waals surface area contributed by atoms with Crippen molar-refractivity contribution in [2.75, 3.05) is 43.1 Å². The monoisotopic (exact) mass is 369 g/mol. The molecule has 1 aromatic carbocycles. The maximum atomic E-state index is 12.1. The van der Waals surface area contributed by atoms with E-state index in [1.807, 2.05) is 32.0 Å². The number of piperazine rings is 1. The van der Waals surface area contributed by atoms with E-state index in [-0.39, 0.29) is 11.9 Å². The molecule has 1 atom stereocenters. The van der Waals surface area contributed by atoms with Gasteiger partial charge in [0.15, 0.2) is 0 Å². The first-order valence-corrected chi connectivity index (χ1v) is 9.38. The Labute approximate surface area is 160 Å². The van der Waals surface area contributed by atoms with Crippen molar-refractivity contribution < 1.29 is 9.53 Å². The number of carbonyl (C=O) groups is 1. The number of methoxy groups -OCH3 is 1. The fourth-order valence-electron chi connectivity index (χ4n) is 3.05. The zero-order valence-electron chi connectivity index (χ0n) is 16.2. The number of aromatic nitrogens is 2. The number of nitrogens with zero attached hydrogens (tertiary/aromatic N) is 4. The summed E-state index contributed by atoms with van der Waals surface area (Å²) in [7, 11) is 1.70. The van der Waals surface area contributed by atoms with E-state index in [0.717, 1.165) is 44.0 Å². The summed E-state index contributed by atoms with van der Waals surface area (Å²) >= 11 is 0. The van der Waals surface area contributed by atoms with E-state index in [0.29, 0.717) is 11.5 Å². The molecule has 7 heteroatoms. The molecule has 27 heavy (non-hydrogen) atoms. The Balaban J connectivity index is 1.60. The van der Waals surface area contributed by atoms with E-state index in [9.17, 15) is 4.79 Å². The third-order valence-electron chi connectivity index (χ3n) is 4.88. The fraction of sp³-hybridized carbons (Fsp3) is 0.450. The van der Waals surface area contributed by atoms with Crippen LogP contribution in [-0.2, 0) is 0 Å². The van der Waals surface area contributed by atoms with Gasteiger partial charge in [0.1, 0.15) is 5.75 Å². The number of para-hydroxylation sites is 2. The Bertz CT molecular complexity index is 757. The average molecular weight is 369 g/mol. The first-order chi connectivity index (χ1) is 13.1. The summed E-state index contributed by atoms with van der Waals surface area (Å²) in [6, 6.07) is 8.20. The van der Waals surface area contributed by atoms with Crippen molar-refractivity contribution in [2.24, 2.45) is 0 Å². The smallest absolute Gasteiger partial charge is 0.254 e. The molecule has 1 fully saturated rings. The molecule has 1 aliphatic heterocycles. The van der Waals surface area contributed by atoms with E-state index in [4.69, 9.17) is 4.74 Å². The number of hydrogen-bond acceptors (Lipinski definition) is 6. The van der Waals surface area contributed by atoms with Crippen molar-refractivity contribution in [3.8, 4) is 5.75 Å². The molecular formula is C20H27N5O2. The van der Waals surface area contributed by atoms with Crippen molar-refractivity contribution in [3.63, 3.8) is 0 Å². The van der Waals surface area contributed by atoms with Gasteiger partial charge in [-0.25, -0.2) is 9.97 Å². The van der Waals surface area contributed by atoms with Crippen molar-refractivity contribution >= 4 is 17.5 Å². The highest BCUT2D eigenvalue weighted by Gasteiger charge is 2.21. The van der Waals surface area contributed by atoms with Crippen LogP contribution in [-0.4, -0.2) is 55.2 Å². The number of ether oxygens (including phenoxy) is 1. The molecule has 1 aliphatic rings. The minimum Gasteiger partial charge on any atom is -0.495 e. The predicted molar refractivity (Wildman–Crippen MR) is 107 cm³/mol. The summed E-state index contributed by atoms with van der Waals surface area (Å²) in [5, 5.41) is 2.93. The minimum atomic E-state index is -0.128. The summed E-state index contributed by atoms with van der Waals surface area (Å²) in [6.07, 6.45) is 4.10. The van der Waals surface area contributed by atoms with E-state index in [1.165, 1.54) is 0 Å². The SMILES string of the molecule is CCC(C)NC(=O)c1cnc(N2CCN(c3ccccc3OC)CC2)nc1. The van der Waals surface area contributed by atoms with Gasteiger partial charge >= 0.3 is 0 Å². The summed E-state index contributed by atoms with van der Waals surface area (Å²) in [4.78, 5) is 25.4. The van der Waals surface area contributed by atoms with Gasteiger partial charge in [0, 0.05) is 44.6 Å². The lowest BCUT2D eigenvalue weighted by Gasteiger charge is -2.36. The minimum absolute atomic E-state index is 0.128. The number of anilines is 2. The zero-order valence-corrected chi connectivity index (χ0v) is 16.2. The van der Waals surface area contributed by atoms with Gasteiger partial charge in [0.05, 0.1) is 18.4 Å². The lowest BCUT2D eigenvalue weighted by molar-refractivity contribution is 0.0938. The number of nitrogens with one attached hydrogen (secondary N) is 1. The third-order valence-corrected chi connectivity index (χ3v) is 4.88. The molecule has 1 aromatic heterocycles. The molecule has 0 saturated carbocycles. The Hall–Kier alpha value is -2.83. The highest BCUT2D eigenvalue weighted by molar-refractivity contribution is 5.93. The quantitative estimate of drug-likeness (QED) is 0.843. The maximum absolute atomic E-state index is 12.1. The molecule has 2 aromatic rings. The second kappa shape index (κ2) is 8.70.